The monoisotopic (exact) mass is 2030 g/mol. The average Bonchev–Trinajstić information content (AvgIpc) is 1.63. The van der Waals surface area contributed by atoms with Crippen LogP contribution in [0.25, 0.3) is 66.8 Å². The van der Waals surface area contributed by atoms with Crippen LogP contribution < -0.4 is 51.4 Å². The van der Waals surface area contributed by atoms with Gasteiger partial charge in [0.2, 0.25) is 19.7 Å². The Morgan fingerprint density at radius 3 is 0.925 bits per heavy atom. The Balaban J connectivity index is 0.000000310. The van der Waals surface area contributed by atoms with Crippen LogP contribution >= 0.6 is 44.6 Å². The number of carbonyl (C=O) groups excluding carboxylic acids is 4. The van der Waals surface area contributed by atoms with E-state index < -0.39 is 39.2 Å². The van der Waals surface area contributed by atoms with Crippen LogP contribution in [0.1, 0.15) is 183 Å². The third kappa shape index (κ3) is 35.6. The molecule has 12 nitrogen and oxygen atoms in total. The number of hydrogen-bond donors (Lipinski definition) is 4. The van der Waals surface area contributed by atoms with E-state index in [0.717, 1.165) is 159 Å². The zero-order valence-corrected chi connectivity index (χ0v) is 86.5. The van der Waals surface area contributed by atoms with Crippen molar-refractivity contribution in [3.8, 4) is 66.8 Å². The van der Waals surface area contributed by atoms with Crippen LogP contribution in [0.4, 0.5) is 0 Å². The molecule has 134 heavy (non-hydrogen) atoms. The maximum absolute atomic E-state index is 13.2. The van der Waals surface area contributed by atoms with E-state index in [1.165, 1.54) is 46.2 Å². The molecule has 0 aromatic heterocycles. The predicted molar refractivity (Wildman–Crippen MR) is 527 cm³/mol. The van der Waals surface area contributed by atoms with E-state index in [1.807, 2.05) is 153 Å². The van der Waals surface area contributed by atoms with Gasteiger partial charge in [0.1, 0.15) is 0 Å². The summed E-state index contributed by atoms with van der Waals surface area (Å²) in [6.45, 7) is 13.0. The number of carboxylic acids is 1. The number of rotatable bonds is 30. The van der Waals surface area contributed by atoms with Gasteiger partial charge < -0.3 is 20.8 Å². The molecule has 4 aliphatic rings. The summed E-state index contributed by atoms with van der Waals surface area (Å²) in [5.41, 5.74) is 24.8. The molecule has 10 unspecified atom stereocenters. The molecule has 0 radical (unpaired) electrons. The summed E-state index contributed by atoms with van der Waals surface area (Å²) in [6, 6.07) is 103. The SMILES string of the molecule is CC(C)CCC(C)C.CC(CCC(C)C(=O)O)COO.O=C(Cl)C(CCC(Cc1ccccc1-c1ccccc1)C(=O)Cl)Cc1ccccc1-c1ccccc1.O=C1c2cccc(-c3ccccc3)c2CC1CCC1Cc2c(cccc2-c2ccccc2)C1=O.O=S(Cl)Cl.OC1c2cccc(-c3ccccc3)c2CC1CCC1Cc2c(-c3ccccc3)cccc2C1O.[Ar].[Ar].[Ar].[Ar].[K+].[OH-]. The van der Waals surface area contributed by atoms with Crippen LogP contribution in [-0.2, 0) is 67.0 Å². The average molecular weight is 2030 g/mol. The fourth-order valence-corrected chi connectivity index (χ4v) is 18.7. The molecule has 12 aromatic rings. The topological polar surface area (TPSA) is 223 Å². The summed E-state index contributed by atoms with van der Waals surface area (Å²) in [4.78, 5) is 65.7. The Morgan fingerprint density at radius 2 is 0.634 bits per heavy atom. The van der Waals surface area contributed by atoms with Crippen LogP contribution in [0.2, 0.25) is 0 Å². The quantitative estimate of drug-likeness (QED) is 0.0143. The van der Waals surface area contributed by atoms with E-state index >= 15 is 0 Å². The van der Waals surface area contributed by atoms with Crippen LogP contribution in [-0.4, -0.2) is 64.9 Å². The molecule has 706 valence electrons. The standard InChI is InChI=1S/C32H28Cl2O2.C32H30O2.C32H26O2.C8H16O4.C8H18.4Ar.Cl2OS.K.H2O/c33-31(35)27(21-25-15-7-9-17-29(25)23-11-3-1-4-12-23)19-20-28(32(34)36)22-26-16-8-10-18-30(26)24-13-5-2-6-14-24;2*33-31-23(19-29-25(13-7-15-27(29)31)21-9-3-1-4-10-21)17-18-24-20-30-26(22-11-5-2-6-12-22)14-8-16-28(30)32(24)34;1-6(5-12-11)3-4-7(2)8(9)10;1-7(2)5-6-8(3)4;;;;;1-4(2)3;;/h1-18,27-28H,19-22H2;1-16,23-24,31-34H,17-20H2;1-16,23-24H,17-20H2;6-7,11H,3-5H2,1-2H3,(H,9,10);7-8H,5-6H2,1-4H3;;;;;;;1H2/q;;;;;;;;;;+1;/p-1. The minimum Gasteiger partial charge on any atom is -0.870 e. The minimum absolute atomic E-state index is 0. The van der Waals surface area contributed by atoms with Gasteiger partial charge in [0.05, 0.1) is 24.7 Å². The van der Waals surface area contributed by atoms with Gasteiger partial charge in [-0.25, -0.2) is 9.10 Å². The van der Waals surface area contributed by atoms with Gasteiger partial charge in [-0.15, -0.1) is 0 Å². The fraction of sp³-hybridized carbons (Fsp3) is 0.312. The van der Waals surface area contributed by atoms with Crippen molar-refractivity contribution in [1.29, 1.82) is 0 Å². The Morgan fingerprint density at radius 1 is 0.366 bits per heavy atom. The number of aliphatic hydroxyl groups is 2. The molecule has 0 saturated heterocycles. The maximum atomic E-state index is 13.2. The Kier molecular flexibility index (Phi) is 56.8. The normalized spacial score (nSPS) is 16.3. The summed E-state index contributed by atoms with van der Waals surface area (Å²) < 4.78 is 9.09. The smallest absolute Gasteiger partial charge is 0.870 e. The molecule has 12 aromatic carbocycles. The molecular weight excluding hydrogens is 1910 g/mol. The summed E-state index contributed by atoms with van der Waals surface area (Å²) in [7, 11) is 7.36. The Labute approximate surface area is 976 Å². The maximum Gasteiger partial charge on any atom is 1.00 e. The number of aliphatic hydroxyl groups excluding tert-OH is 2. The zero-order valence-electron chi connectivity index (χ0n) is 76.7. The first kappa shape index (κ1) is 121. The molecular formula is C112H119Ar4Cl4KO12S. The van der Waals surface area contributed by atoms with Crippen molar-refractivity contribution in [2.45, 2.75) is 156 Å². The molecule has 0 aliphatic heterocycles. The van der Waals surface area contributed by atoms with Crippen molar-refractivity contribution in [2.24, 2.45) is 59.2 Å². The van der Waals surface area contributed by atoms with Crippen molar-refractivity contribution in [3.05, 3.63) is 359 Å². The van der Waals surface area contributed by atoms with E-state index in [-0.39, 0.29) is 272 Å². The van der Waals surface area contributed by atoms with Crippen molar-refractivity contribution in [3.63, 3.8) is 0 Å². The van der Waals surface area contributed by atoms with E-state index in [1.54, 1.807) is 6.92 Å². The summed E-state index contributed by atoms with van der Waals surface area (Å²) in [5.74, 6) is 0.883. The van der Waals surface area contributed by atoms with E-state index in [2.05, 4.69) is 212 Å². The predicted octanol–water partition coefficient (Wildman–Crippen LogP) is 25.0. The molecule has 16 rings (SSSR count). The third-order valence-corrected chi connectivity index (χ3v) is 26.0. The van der Waals surface area contributed by atoms with Gasteiger partial charge >= 0.3 is 57.4 Å². The second-order valence-electron chi connectivity index (χ2n) is 35.2. The van der Waals surface area contributed by atoms with Gasteiger partial charge in [-0.3, -0.25) is 29.2 Å². The number of aliphatic carboxylic acids is 1. The Bertz CT molecular complexity index is 5310. The van der Waals surface area contributed by atoms with Crippen LogP contribution in [0.3, 0.4) is 0 Å². The molecule has 0 fully saturated rings. The molecule has 0 saturated carbocycles. The molecule has 0 bridgehead atoms. The zero-order chi connectivity index (χ0) is 91.2. The molecule has 10 atom stereocenters. The summed E-state index contributed by atoms with van der Waals surface area (Å²) in [5, 5.41) is 38.2. The molecule has 0 amide bonds. The van der Waals surface area contributed by atoms with Gasteiger partial charge in [-0.1, -0.05) is 358 Å². The Hall–Kier alpha value is -3.42. The second-order valence-corrected chi connectivity index (χ2v) is 38.4. The van der Waals surface area contributed by atoms with E-state index in [4.69, 9.17) is 37.8 Å². The third-order valence-electron chi connectivity index (χ3n) is 25.4. The van der Waals surface area contributed by atoms with E-state index in [9.17, 15) is 34.2 Å². The number of hydrogen-bond acceptors (Lipinski definition) is 11. The second kappa shape index (κ2) is 62.9. The first-order valence-corrected chi connectivity index (χ1v) is 48.5. The van der Waals surface area contributed by atoms with Gasteiger partial charge in [0.25, 0.3) is 0 Å². The summed E-state index contributed by atoms with van der Waals surface area (Å²) in [6.07, 6.45) is 12.0. The van der Waals surface area contributed by atoms with Crippen molar-refractivity contribution in [1.82, 2.24) is 0 Å². The van der Waals surface area contributed by atoms with Gasteiger partial charge in [-0.05, 0) is 254 Å². The first-order valence-electron chi connectivity index (χ1n) is 44.9. The van der Waals surface area contributed by atoms with Crippen LogP contribution in [0.15, 0.2) is 303 Å². The van der Waals surface area contributed by atoms with Crippen molar-refractivity contribution < 1.29 is 261 Å². The molecule has 4 aliphatic carbocycles. The number of fused-ring (bicyclic) bond motifs is 4. The minimum atomic E-state index is -1.67. The summed E-state index contributed by atoms with van der Waals surface area (Å²) >= 11 is 12.1. The molecule has 5 N–H and O–H groups in total. The molecule has 22 heteroatoms. The van der Waals surface area contributed by atoms with Crippen molar-refractivity contribution in [2.75, 3.05) is 6.61 Å². The molecule has 0 spiro atoms. The van der Waals surface area contributed by atoms with Crippen molar-refractivity contribution >= 4 is 81.8 Å². The largest absolute Gasteiger partial charge is 1.00 e. The number of carboxylic acid groups (broad SMARTS) is 1. The fourth-order valence-electron chi connectivity index (χ4n) is 18.3. The van der Waals surface area contributed by atoms with Gasteiger partial charge in [-0.2, -0.15) is 0 Å². The van der Waals surface area contributed by atoms with Crippen LogP contribution in [0, 0.1) is 210 Å². The number of ketones is 2. The van der Waals surface area contributed by atoms with Gasteiger partial charge in [0.15, 0.2) is 11.6 Å². The van der Waals surface area contributed by atoms with Gasteiger partial charge in [0, 0.05) is 207 Å². The van der Waals surface area contributed by atoms with Crippen LogP contribution in [0.5, 0.6) is 0 Å². The number of Topliss-reactive ketones (excluding diaryl/α,β-unsaturated/α-hetero) is 2. The molecule has 0 heterocycles. The first-order chi connectivity index (χ1) is 61.9. The number of halogens is 4. The number of carbonyl (C=O) groups is 5. The number of benzene rings is 12. The van der Waals surface area contributed by atoms with E-state index in [0.29, 0.717) is 32.1 Å².